The fourth-order valence-electron chi connectivity index (χ4n) is 1.77. The van der Waals surface area contributed by atoms with Crippen LogP contribution in [0, 0.1) is 11.7 Å². The number of hydrogen-bond acceptors (Lipinski definition) is 2. The molecule has 18 heavy (non-hydrogen) atoms. The largest absolute Gasteiger partial charge is 0.490 e. The molecule has 0 saturated heterocycles. The molecule has 0 aromatic heterocycles. The van der Waals surface area contributed by atoms with Crippen LogP contribution in [0.3, 0.4) is 0 Å². The first-order valence-corrected chi connectivity index (χ1v) is 6.83. The van der Waals surface area contributed by atoms with Gasteiger partial charge < -0.3 is 10.1 Å². The smallest absolute Gasteiger partial charge is 0.165 e. The first kappa shape index (κ1) is 15.0. The lowest BCUT2D eigenvalue weighted by Gasteiger charge is -2.14. The summed E-state index contributed by atoms with van der Waals surface area (Å²) < 4.78 is 19.3. The molecule has 1 aromatic rings. The van der Waals surface area contributed by atoms with E-state index in [-0.39, 0.29) is 5.82 Å². The van der Waals surface area contributed by atoms with Gasteiger partial charge in [-0.15, -0.1) is 0 Å². The molecule has 0 saturated carbocycles. The van der Waals surface area contributed by atoms with Crippen LogP contribution in [0.25, 0.3) is 0 Å². The van der Waals surface area contributed by atoms with Crippen molar-refractivity contribution in [1.82, 2.24) is 5.32 Å². The highest BCUT2D eigenvalue weighted by Crippen LogP contribution is 2.20. The quantitative estimate of drug-likeness (QED) is 0.762. The number of ether oxygens (including phenoxy) is 1. The van der Waals surface area contributed by atoms with E-state index in [1.807, 2.05) is 13.0 Å². The van der Waals surface area contributed by atoms with Crippen molar-refractivity contribution in [3.05, 3.63) is 29.6 Å². The van der Waals surface area contributed by atoms with Crippen molar-refractivity contribution in [2.75, 3.05) is 13.2 Å². The van der Waals surface area contributed by atoms with Crippen LogP contribution in [0.4, 0.5) is 4.39 Å². The van der Waals surface area contributed by atoms with Crippen molar-refractivity contribution in [3.8, 4) is 5.75 Å². The highest BCUT2D eigenvalue weighted by molar-refractivity contribution is 5.29. The van der Waals surface area contributed by atoms with Crippen LogP contribution in [0.15, 0.2) is 18.2 Å². The zero-order valence-corrected chi connectivity index (χ0v) is 11.6. The summed E-state index contributed by atoms with van der Waals surface area (Å²) in [5.41, 5.74) is 0.948. The lowest BCUT2D eigenvalue weighted by atomic mass is 10.1. The fourth-order valence-corrected chi connectivity index (χ4v) is 1.77. The Morgan fingerprint density at radius 2 is 1.94 bits per heavy atom. The van der Waals surface area contributed by atoms with Gasteiger partial charge in [-0.25, -0.2) is 4.39 Å². The van der Waals surface area contributed by atoms with Crippen molar-refractivity contribution in [2.24, 2.45) is 5.92 Å². The Morgan fingerprint density at radius 1 is 1.22 bits per heavy atom. The summed E-state index contributed by atoms with van der Waals surface area (Å²) in [5, 5.41) is 3.17. The Labute approximate surface area is 110 Å². The summed E-state index contributed by atoms with van der Waals surface area (Å²) >= 11 is 0. The molecule has 0 heterocycles. The molecule has 102 valence electrons. The molecular weight excluding hydrogens is 229 g/mol. The van der Waals surface area contributed by atoms with E-state index >= 15 is 0 Å². The van der Waals surface area contributed by atoms with Crippen LogP contribution in [-0.4, -0.2) is 13.2 Å². The summed E-state index contributed by atoms with van der Waals surface area (Å²) in [4.78, 5) is 0. The van der Waals surface area contributed by atoms with E-state index in [1.54, 1.807) is 12.1 Å². The zero-order chi connectivity index (χ0) is 13.4. The van der Waals surface area contributed by atoms with Crippen LogP contribution in [-0.2, 0) is 6.54 Å². The van der Waals surface area contributed by atoms with Gasteiger partial charge in [0.15, 0.2) is 11.6 Å². The summed E-state index contributed by atoms with van der Waals surface area (Å²) in [7, 11) is 0. The second kappa shape index (κ2) is 8.09. The molecule has 0 fully saturated rings. The van der Waals surface area contributed by atoms with Crippen molar-refractivity contribution in [2.45, 2.75) is 40.2 Å². The highest BCUT2D eigenvalue weighted by atomic mass is 19.1. The summed E-state index contributed by atoms with van der Waals surface area (Å²) in [6.45, 7) is 8.47. The molecule has 2 nitrogen and oxygen atoms in total. The minimum Gasteiger partial charge on any atom is -0.490 e. The third kappa shape index (κ3) is 4.65. The monoisotopic (exact) mass is 253 g/mol. The molecule has 3 heteroatoms. The molecule has 0 aliphatic rings. The molecule has 0 amide bonds. The third-order valence-corrected chi connectivity index (χ3v) is 3.20. The van der Waals surface area contributed by atoms with Gasteiger partial charge in [0.2, 0.25) is 0 Å². The van der Waals surface area contributed by atoms with Gasteiger partial charge in [0.25, 0.3) is 0 Å². The zero-order valence-electron chi connectivity index (χ0n) is 11.6. The molecular formula is C15H24FNO. The Balaban J connectivity index is 2.56. The van der Waals surface area contributed by atoms with Crippen molar-refractivity contribution in [3.63, 3.8) is 0 Å². The van der Waals surface area contributed by atoms with Gasteiger partial charge in [-0.3, -0.25) is 0 Å². The van der Waals surface area contributed by atoms with E-state index in [0.717, 1.165) is 24.9 Å². The van der Waals surface area contributed by atoms with Crippen molar-refractivity contribution < 1.29 is 9.13 Å². The van der Waals surface area contributed by atoms with Gasteiger partial charge in [0.05, 0.1) is 6.61 Å². The maximum Gasteiger partial charge on any atom is 0.165 e. The highest BCUT2D eigenvalue weighted by Gasteiger charge is 2.08. The standard InChI is InChI=1S/C15H24FNO/c1-4-12(5-2)11-18-15-8-7-13(9-14(15)16)10-17-6-3/h7-9,12,17H,4-6,10-11H2,1-3H3. The normalized spacial score (nSPS) is 10.9. The van der Waals surface area contributed by atoms with Gasteiger partial charge >= 0.3 is 0 Å². The maximum absolute atomic E-state index is 13.8. The first-order chi connectivity index (χ1) is 8.71. The van der Waals surface area contributed by atoms with Gasteiger partial charge in [0.1, 0.15) is 0 Å². The topological polar surface area (TPSA) is 21.3 Å². The first-order valence-electron chi connectivity index (χ1n) is 6.83. The summed E-state index contributed by atoms with van der Waals surface area (Å²) in [6.07, 6.45) is 2.13. The van der Waals surface area contributed by atoms with E-state index in [4.69, 9.17) is 4.74 Å². The third-order valence-electron chi connectivity index (χ3n) is 3.20. The van der Waals surface area contributed by atoms with E-state index in [2.05, 4.69) is 19.2 Å². The number of halogens is 1. The minimum atomic E-state index is -0.267. The average molecular weight is 253 g/mol. The van der Waals surface area contributed by atoms with E-state index in [1.165, 1.54) is 0 Å². The van der Waals surface area contributed by atoms with Gasteiger partial charge in [-0.2, -0.15) is 0 Å². The number of nitrogens with one attached hydrogen (secondary N) is 1. The average Bonchev–Trinajstić information content (AvgIpc) is 2.39. The predicted octanol–water partition coefficient (Wildman–Crippen LogP) is 3.75. The molecule has 0 unspecified atom stereocenters. The van der Waals surface area contributed by atoms with E-state index < -0.39 is 0 Å². The Bertz CT molecular complexity index is 350. The Hall–Kier alpha value is -1.09. The van der Waals surface area contributed by atoms with Crippen molar-refractivity contribution in [1.29, 1.82) is 0 Å². The molecule has 0 aliphatic carbocycles. The molecule has 0 spiro atoms. The molecule has 0 aliphatic heterocycles. The number of benzene rings is 1. The fraction of sp³-hybridized carbons (Fsp3) is 0.600. The van der Waals surface area contributed by atoms with E-state index in [0.29, 0.717) is 24.8 Å². The molecule has 0 radical (unpaired) electrons. The second-order valence-corrected chi connectivity index (χ2v) is 4.54. The molecule has 1 aromatic carbocycles. The van der Waals surface area contributed by atoms with Crippen LogP contribution in [0.2, 0.25) is 0 Å². The number of hydrogen-bond donors (Lipinski definition) is 1. The SMILES string of the molecule is CCNCc1ccc(OCC(CC)CC)c(F)c1. The summed E-state index contributed by atoms with van der Waals surface area (Å²) in [5.74, 6) is 0.601. The van der Waals surface area contributed by atoms with Gasteiger partial charge in [-0.05, 0) is 30.2 Å². The molecule has 0 bridgehead atoms. The van der Waals surface area contributed by atoms with Crippen LogP contribution in [0.5, 0.6) is 5.75 Å². The van der Waals surface area contributed by atoms with Gasteiger partial charge in [-0.1, -0.05) is 39.7 Å². The lowest BCUT2D eigenvalue weighted by molar-refractivity contribution is 0.231. The minimum absolute atomic E-state index is 0.267. The molecule has 1 N–H and O–H groups in total. The maximum atomic E-state index is 13.8. The molecule has 1 rings (SSSR count). The molecule has 0 atom stereocenters. The van der Waals surface area contributed by atoms with Crippen LogP contribution >= 0.6 is 0 Å². The Kier molecular flexibility index (Phi) is 6.73. The number of rotatable bonds is 8. The Morgan fingerprint density at radius 3 is 2.50 bits per heavy atom. The van der Waals surface area contributed by atoms with Crippen LogP contribution in [0.1, 0.15) is 39.2 Å². The van der Waals surface area contributed by atoms with E-state index in [9.17, 15) is 4.39 Å². The van der Waals surface area contributed by atoms with Crippen molar-refractivity contribution >= 4 is 0 Å². The van der Waals surface area contributed by atoms with Gasteiger partial charge in [0, 0.05) is 6.54 Å². The summed E-state index contributed by atoms with van der Waals surface area (Å²) in [6, 6.07) is 5.18. The predicted molar refractivity (Wildman–Crippen MR) is 73.3 cm³/mol. The second-order valence-electron chi connectivity index (χ2n) is 4.54. The van der Waals surface area contributed by atoms with Crippen LogP contribution < -0.4 is 10.1 Å². The lowest BCUT2D eigenvalue weighted by Crippen LogP contribution is -2.13.